The third-order valence-corrected chi connectivity index (χ3v) is 6.39. The summed E-state index contributed by atoms with van der Waals surface area (Å²) in [5, 5.41) is 3.10. The standard InChI is InChI=1S/C24H35N3O5/c1-16(2)27-15-18(14-23(27)29)24(30)26-11-9-19(10-12-26)25-22(28)8-6-17-5-7-20(31-3)21(13-17)32-4/h5,7,13,16,18-19H,6,8-12,14-15H2,1-4H3,(H,25,28). The van der Waals surface area contributed by atoms with Gasteiger partial charge in [0.1, 0.15) is 0 Å². The number of hydrogen-bond acceptors (Lipinski definition) is 5. The van der Waals surface area contributed by atoms with Gasteiger partial charge in [-0.3, -0.25) is 14.4 Å². The fourth-order valence-electron chi connectivity index (χ4n) is 4.49. The van der Waals surface area contributed by atoms with Crippen LogP contribution in [0.15, 0.2) is 18.2 Å². The molecule has 1 unspecified atom stereocenters. The number of amides is 3. The molecule has 8 heteroatoms. The minimum Gasteiger partial charge on any atom is -0.493 e. The van der Waals surface area contributed by atoms with Crippen molar-refractivity contribution < 1.29 is 23.9 Å². The average Bonchev–Trinajstić information content (AvgIpc) is 3.19. The van der Waals surface area contributed by atoms with Gasteiger partial charge in [0.05, 0.1) is 20.1 Å². The van der Waals surface area contributed by atoms with Gasteiger partial charge in [-0.25, -0.2) is 0 Å². The maximum Gasteiger partial charge on any atom is 0.227 e. The number of methoxy groups -OCH3 is 2. The van der Waals surface area contributed by atoms with Crippen LogP contribution in [0, 0.1) is 5.92 Å². The lowest BCUT2D eigenvalue weighted by Crippen LogP contribution is -2.48. The van der Waals surface area contributed by atoms with Crippen LogP contribution in [0.2, 0.25) is 0 Å². The predicted octanol–water partition coefficient (Wildman–Crippen LogP) is 2.00. The first-order valence-corrected chi connectivity index (χ1v) is 11.4. The number of benzene rings is 1. The normalized spacial score (nSPS) is 19.4. The molecule has 1 aromatic carbocycles. The Kier molecular flexibility index (Phi) is 7.99. The molecule has 2 heterocycles. The van der Waals surface area contributed by atoms with Gasteiger partial charge in [0.2, 0.25) is 17.7 Å². The number of ether oxygens (including phenoxy) is 2. The molecule has 0 spiro atoms. The lowest BCUT2D eigenvalue weighted by Gasteiger charge is -2.34. The van der Waals surface area contributed by atoms with Crippen molar-refractivity contribution in [2.75, 3.05) is 33.9 Å². The first kappa shape index (κ1) is 23.9. The van der Waals surface area contributed by atoms with Crippen molar-refractivity contribution in [1.29, 1.82) is 0 Å². The zero-order chi connectivity index (χ0) is 23.3. The smallest absolute Gasteiger partial charge is 0.227 e. The van der Waals surface area contributed by atoms with Crippen LogP contribution < -0.4 is 14.8 Å². The molecule has 2 saturated heterocycles. The van der Waals surface area contributed by atoms with Gasteiger partial charge in [-0.15, -0.1) is 0 Å². The van der Waals surface area contributed by atoms with E-state index in [1.807, 2.05) is 36.9 Å². The number of rotatable bonds is 8. The third kappa shape index (κ3) is 5.72. The highest BCUT2D eigenvalue weighted by molar-refractivity contribution is 5.89. The molecule has 0 radical (unpaired) electrons. The van der Waals surface area contributed by atoms with Crippen molar-refractivity contribution in [3.05, 3.63) is 23.8 Å². The lowest BCUT2D eigenvalue weighted by atomic mass is 10.0. The molecule has 1 atom stereocenters. The summed E-state index contributed by atoms with van der Waals surface area (Å²) in [6.45, 7) is 5.70. The van der Waals surface area contributed by atoms with Gasteiger partial charge in [-0.1, -0.05) is 6.07 Å². The SMILES string of the molecule is COc1ccc(CCC(=O)NC2CCN(C(=O)C3CC(=O)N(C(C)C)C3)CC2)cc1OC. The van der Waals surface area contributed by atoms with E-state index in [0.29, 0.717) is 50.4 Å². The molecule has 0 bridgehead atoms. The summed E-state index contributed by atoms with van der Waals surface area (Å²) in [5.74, 6) is 1.23. The van der Waals surface area contributed by atoms with E-state index in [4.69, 9.17) is 9.47 Å². The summed E-state index contributed by atoms with van der Waals surface area (Å²) in [6.07, 6.45) is 2.80. The van der Waals surface area contributed by atoms with Crippen LogP contribution in [0.3, 0.4) is 0 Å². The van der Waals surface area contributed by atoms with Gasteiger partial charge in [0.15, 0.2) is 11.5 Å². The predicted molar refractivity (Wildman–Crippen MR) is 121 cm³/mol. The second kappa shape index (κ2) is 10.7. The van der Waals surface area contributed by atoms with E-state index in [0.717, 1.165) is 18.4 Å². The molecule has 3 amide bonds. The molecule has 0 aromatic heterocycles. The van der Waals surface area contributed by atoms with Gasteiger partial charge in [-0.2, -0.15) is 0 Å². The number of aryl methyl sites for hydroxylation is 1. The van der Waals surface area contributed by atoms with E-state index >= 15 is 0 Å². The van der Waals surface area contributed by atoms with E-state index in [-0.39, 0.29) is 35.7 Å². The zero-order valence-corrected chi connectivity index (χ0v) is 19.6. The molecule has 2 fully saturated rings. The number of nitrogens with zero attached hydrogens (tertiary/aromatic N) is 2. The van der Waals surface area contributed by atoms with Gasteiger partial charge >= 0.3 is 0 Å². The van der Waals surface area contributed by atoms with Crippen LogP contribution in [0.25, 0.3) is 0 Å². The van der Waals surface area contributed by atoms with Crippen molar-refractivity contribution in [1.82, 2.24) is 15.1 Å². The Morgan fingerprint density at radius 3 is 2.41 bits per heavy atom. The number of carbonyl (C=O) groups excluding carboxylic acids is 3. The maximum absolute atomic E-state index is 12.8. The number of likely N-dealkylation sites (tertiary alicyclic amines) is 2. The highest BCUT2D eigenvalue weighted by Crippen LogP contribution is 2.28. The summed E-state index contributed by atoms with van der Waals surface area (Å²) < 4.78 is 10.6. The Bertz CT molecular complexity index is 833. The van der Waals surface area contributed by atoms with E-state index in [1.165, 1.54) is 0 Å². The van der Waals surface area contributed by atoms with Crippen molar-refractivity contribution in [2.45, 2.75) is 58.0 Å². The van der Waals surface area contributed by atoms with Crippen molar-refractivity contribution in [3.63, 3.8) is 0 Å². The molecule has 8 nitrogen and oxygen atoms in total. The summed E-state index contributed by atoms with van der Waals surface area (Å²) in [5.41, 5.74) is 1.01. The van der Waals surface area contributed by atoms with Crippen LogP contribution in [-0.2, 0) is 20.8 Å². The van der Waals surface area contributed by atoms with Gasteiger partial charge in [-0.05, 0) is 50.8 Å². The number of piperidine rings is 1. The quantitative estimate of drug-likeness (QED) is 0.661. The van der Waals surface area contributed by atoms with Gasteiger partial charge in [0, 0.05) is 44.6 Å². The number of carbonyl (C=O) groups is 3. The molecular weight excluding hydrogens is 410 g/mol. The fraction of sp³-hybridized carbons (Fsp3) is 0.625. The van der Waals surface area contributed by atoms with Crippen LogP contribution in [-0.4, -0.2) is 73.5 Å². The first-order chi connectivity index (χ1) is 15.3. The van der Waals surface area contributed by atoms with Crippen molar-refractivity contribution in [3.8, 4) is 11.5 Å². The largest absolute Gasteiger partial charge is 0.493 e. The number of hydrogen-bond donors (Lipinski definition) is 1. The minimum absolute atomic E-state index is 0.0125. The highest BCUT2D eigenvalue weighted by Gasteiger charge is 2.38. The summed E-state index contributed by atoms with van der Waals surface area (Å²) in [7, 11) is 3.19. The van der Waals surface area contributed by atoms with Crippen LogP contribution in [0.1, 0.15) is 45.1 Å². The zero-order valence-electron chi connectivity index (χ0n) is 19.6. The second-order valence-corrected chi connectivity index (χ2v) is 8.90. The molecule has 1 aromatic rings. The molecule has 2 aliphatic rings. The van der Waals surface area contributed by atoms with E-state index in [9.17, 15) is 14.4 Å². The lowest BCUT2D eigenvalue weighted by molar-refractivity contribution is -0.137. The van der Waals surface area contributed by atoms with E-state index in [1.54, 1.807) is 19.1 Å². The average molecular weight is 446 g/mol. The highest BCUT2D eigenvalue weighted by atomic mass is 16.5. The molecule has 0 aliphatic carbocycles. The molecule has 32 heavy (non-hydrogen) atoms. The van der Waals surface area contributed by atoms with Gasteiger partial charge in [0.25, 0.3) is 0 Å². The Morgan fingerprint density at radius 1 is 1.12 bits per heavy atom. The third-order valence-electron chi connectivity index (χ3n) is 6.39. The molecular formula is C24H35N3O5. The van der Waals surface area contributed by atoms with Crippen LogP contribution in [0.5, 0.6) is 11.5 Å². The van der Waals surface area contributed by atoms with Gasteiger partial charge < -0.3 is 24.6 Å². The summed E-state index contributed by atoms with van der Waals surface area (Å²) in [6, 6.07) is 5.88. The van der Waals surface area contributed by atoms with E-state index in [2.05, 4.69) is 5.32 Å². The fourth-order valence-corrected chi connectivity index (χ4v) is 4.49. The molecule has 3 rings (SSSR count). The monoisotopic (exact) mass is 445 g/mol. The first-order valence-electron chi connectivity index (χ1n) is 11.4. The second-order valence-electron chi connectivity index (χ2n) is 8.90. The molecule has 176 valence electrons. The maximum atomic E-state index is 12.8. The van der Waals surface area contributed by atoms with Crippen molar-refractivity contribution >= 4 is 17.7 Å². The van der Waals surface area contributed by atoms with Crippen LogP contribution in [0.4, 0.5) is 0 Å². The molecule has 2 aliphatic heterocycles. The summed E-state index contributed by atoms with van der Waals surface area (Å²) in [4.78, 5) is 41.0. The van der Waals surface area contributed by atoms with Crippen molar-refractivity contribution in [2.24, 2.45) is 5.92 Å². The molecule has 0 saturated carbocycles. The Balaban J connectivity index is 1.41. The topological polar surface area (TPSA) is 88.2 Å². The van der Waals surface area contributed by atoms with Crippen LogP contribution >= 0.6 is 0 Å². The minimum atomic E-state index is -0.238. The summed E-state index contributed by atoms with van der Waals surface area (Å²) >= 11 is 0. The molecule has 1 N–H and O–H groups in total. The Hall–Kier alpha value is -2.77. The number of nitrogens with one attached hydrogen (secondary N) is 1. The Morgan fingerprint density at radius 2 is 1.81 bits per heavy atom. The Labute approximate surface area is 190 Å². The van der Waals surface area contributed by atoms with E-state index < -0.39 is 0 Å².